The van der Waals surface area contributed by atoms with Gasteiger partial charge in [-0.3, -0.25) is 4.79 Å². The minimum Gasteiger partial charge on any atom is -0.337 e. The lowest BCUT2D eigenvalue weighted by Crippen LogP contribution is -2.32. The molecule has 0 bridgehead atoms. The molecule has 16 heavy (non-hydrogen) atoms. The van der Waals surface area contributed by atoms with E-state index in [9.17, 15) is 9.18 Å². The van der Waals surface area contributed by atoms with Gasteiger partial charge in [0, 0.05) is 22.7 Å². The van der Waals surface area contributed by atoms with Gasteiger partial charge in [0.1, 0.15) is 5.82 Å². The van der Waals surface area contributed by atoms with Gasteiger partial charge in [-0.2, -0.15) is 0 Å². The van der Waals surface area contributed by atoms with Crippen LogP contribution in [0, 0.1) is 9.39 Å². The fourth-order valence-corrected chi connectivity index (χ4v) is 2.51. The molecule has 2 N–H and O–H groups in total. The van der Waals surface area contributed by atoms with Crippen molar-refractivity contribution in [3.05, 3.63) is 33.1 Å². The van der Waals surface area contributed by atoms with E-state index in [4.69, 9.17) is 5.73 Å². The number of carbonyl (C=O) groups excluding carboxylic acids is 1. The van der Waals surface area contributed by atoms with Crippen LogP contribution in [0.25, 0.3) is 0 Å². The number of amides is 1. The number of rotatable bonds is 1. The van der Waals surface area contributed by atoms with Crippen LogP contribution in [0.2, 0.25) is 0 Å². The van der Waals surface area contributed by atoms with Crippen molar-refractivity contribution >= 4 is 28.5 Å². The Kier molecular flexibility index (Phi) is 3.44. The molecule has 1 amide bonds. The molecule has 0 radical (unpaired) electrons. The Balaban J connectivity index is 2.21. The maximum Gasteiger partial charge on any atom is 0.254 e. The second-order valence-electron chi connectivity index (χ2n) is 3.92. The van der Waals surface area contributed by atoms with Gasteiger partial charge in [-0.15, -0.1) is 0 Å². The number of carbonyl (C=O) groups is 1. The molecule has 0 aliphatic carbocycles. The van der Waals surface area contributed by atoms with E-state index < -0.39 is 0 Å². The summed E-state index contributed by atoms with van der Waals surface area (Å²) in [4.78, 5) is 13.8. The van der Waals surface area contributed by atoms with Crippen molar-refractivity contribution in [2.24, 2.45) is 5.73 Å². The SMILES string of the molecule is N[C@H]1CCN(C(=O)c2ccc(F)cc2I)C1. The Morgan fingerprint density at radius 2 is 2.31 bits per heavy atom. The van der Waals surface area contributed by atoms with Crippen molar-refractivity contribution in [3.8, 4) is 0 Å². The number of likely N-dealkylation sites (tertiary alicyclic amines) is 1. The summed E-state index contributed by atoms with van der Waals surface area (Å²) in [5, 5.41) is 0. The second-order valence-corrected chi connectivity index (χ2v) is 5.09. The zero-order chi connectivity index (χ0) is 11.7. The Hall–Kier alpha value is -0.690. The Bertz CT molecular complexity index is 424. The smallest absolute Gasteiger partial charge is 0.254 e. The molecule has 2 rings (SSSR count). The molecule has 1 aliphatic heterocycles. The molecule has 0 saturated carbocycles. The molecule has 0 spiro atoms. The zero-order valence-corrected chi connectivity index (χ0v) is 10.8. The molecule has 1 aromatic rings. The molecule has 1 saturated heterocycles. The van der Waals surface area contributed by atoms with E-state index in [-0.39, 0.29) is 17.8 Å². The summed E-state index contributed by atoms with van der Waals surface area (Å²) in [7, 11) is 0. The highest BCUT2D eigenvalue weighted by molar-refractivity contribution is 14.1. The second kappa shape index (κ2) is 4.67. The maximum atomic E-state index is 12.9. The van der Waals surface area contributed by atoms with Crippen molar-refractivity contribution in [2.45, 2.75) is 12.5 Å². The molecule has 1 heterocycles. The highest BCUT2D eigenvalue weighted by Gasteiger charge is 2.25. The van der Waals surface area contributed by atoms with Gasteiger partial charge in [0.25, 0.3) is 5.91 Å². The minimum atomic E-state index is -0.320. The maximum absolute atomic E-state index is 12.9. The van der Waals surface area contributed by atoms with E-state index in [0.29, 0.717) is 22.2 Å². The predicted molar refractivity (Wildman–Crippen MR) is 67.6 cm³/mol. The van der Waals surface area contributed by atoms with Gasteiger partial charge in [-0.05, 0) is 47.2 Å². The lowest BCUT2D eigenvalue weighted by molar-refractivity contribution is 0.0790. The largest absolute Gasteiger partial charge is 0.337 e. The van der Waals surface area contributed by atoms with Crippen LogP contribution in [-0.2, 0) is 0 Å². The standard InChI is InChI=1S/C11H12FIN2O/c12-7-1-2-9(10(13)5-7)11(16)15-4-3-8(14)6-15/h1-2,5,8H,3-4,6,14H2/t8-/m0/s1. The van der Waals surface area contributed by atoms with E-state index in [0.717, 1.165) is 6.42 Å². The number of hydrogen-bond acceptors (Lipinski definition) is 2. The molecular weight excluding hydrogens is 322 g/mol. The number of hydrogen-bond donors (Lipinski definition) is 1. The monoisotopic (exact) mass is 334 g/mol. The van der Waals surface area contributed by atoms with Crippen molar-refractivity contribution in [3.63, 3.8) is 0 Å². The molecule has 5 heteroatoms. The van der Waals surface area contributed by atoms with E-state index in [1.165, 1.54) is 18.2 Å². The van der Waals surface area contributed by atoms with Crippen LogP contribution in [0.5, 0.6) is 0 Å². The normalized spacial score (nSPS) is 20.2. The van der Waals surface area contributed by atoms with Gasteiger partial charge in [-0.1, -0.05) is 0 Å². The molecule has 3 nitrogen and oxygen atoms in total. The third kappa shape index (κ3) is 2.35. The van der Waals surface area contributed by atoms with Crippen LogP contribution >= 0.6 is 22.6 Å². The third-order valence-electron chi connectivity index (χ3n) is 2.67. The Morgan fingerprint density at radius 3 is 2.88 bits per heavy atom. The predicted octanol–water partition coefficient (Wildman–Crippen LogP) is 1.60. The van der Waals surface area contributed by atoms with E-state index in [1.54, 1.807) is 4.90 Å². The lowest BCUT2D eigenvalue weighted by atomic mass is 10.2. The Morgan fingerprint density at radius 1 is 1.56 bits per heavy atom. The van der Waals surface area contributed by atoms with Crippen molar-refractivity contribution in [1.82, 2.24) is 4.90 Å². The average Bonchev–Trinajstić information content (AvgIpc) is 2.64. The van der Waals surface area contributed by atoms with E-state index >= 15 is 0 Å². The lowest BCUT2D eigenvalue weighted by Gasteiger charge is -2.16. The van der Waals surface area contributed by atoms with Gasteiger partial charge >= 0.3 is 0 Å². The summed E-state index contributed by atoms with van der Waals surface area (Å²) in [6.07, 6.45) is 0.837. The van der Waals surface area contributed by atoms with E-state index in [2.05, 4.69) is 0 Å². The topological polar surface area (TPSA) is 46.3 Å². The summed E-state index contributed by atoms with van der Waals surface area (Å²) in [6.45, 7) is 1.28. The third-order valence-corrected chi connectivity index (χ3v) is 3.57. The first kappa shape index (κ1) is 11.8. The van der Waals surface area contributed by atoms with Crippen molar-refractivity contribution in [1.29, 1.82) is 0 Å². The fraction of sp³-hybridized carbons (Fsp3) is 0.364. The summed E-state index contributed by atoms with van der Waals surface area (Å²) in [5.41, 5.74) is 6.30. The first-order valence-electron chi connectivity index (χ1n) is 5.08. The quantitative estimate of drug-likeness (QED) is 0.793. The zero-order valence-electron chi connectivity index (χ0n) is 8.62. The number of benzene rings is 1. The average molecular weight is 334 g/mol. The highest BCUT2D eigenvalue weighted by Crippen LogP contribution is 2.18. The van der Waals surface area contributed by atoms with Gasteiger partial charge < -0.3 is 10.6 Å². The first-order valence-corrected chi connectivity index (χ1v) is 6.15. The highest BCUT2D eigenvalue weighted by atomic mass is 127. The molecule has 1 atom stereocenters. The fourth-order valence-electron chi connectivity index (χ4n) is 1.81. The number of halogens is 2. The van der Waals surface area contributed by atoms with Crippen LogP contribution in [0.4, 0.5) is 4.39 Å². The minimum absolute atomic E-state index is 0.0580. The van der Waals surface area contributed by atoms with Gasteiger partial charge in [-0.25, -0.2) is 4.39 Å². The molecule has 1 fully saturated rings. The van der Waals surface area contributed by atoms with Gasteiger partial charge in [0.05, 0.1) is 5.56 Å². The van der Waals surface area contributed by atoms with E-state index in [1.807, 2.05) is 22.6 Å². The summed E-state index contributed by atoms with van der Waals surface area (Å²) >= 11 is 1.97. The van der Waals surface area contributed by atoms with Crippen LogP contribution in [0.3, 0.4) is 0 Å². The molecule has 0 unspecified atom stereocenters. The molecular formula is C11H12FIN2O. The van der Waals surface area contributed by atoms with Crippen molar-refractivity contribution < 1.29 is 9.18 Å². The van der Waals surface area contributed by atoms with Crippen molar-refractivity contribution in [2.75, 3.05) is 13.1 Å². The first-order chi connectivity index (χ1) is 7.58. The Labute approximate surface area is 107 Å². The summed E-state index contributed by atoms with van der Waals surface area (Å²) in [5.74, 6) is -0.378. The summed E-state index contributed by atoms with van der Waals surface area (Å²) < 4.78 is 13.5. The molecule has 86 valence electrons. The van der Waals surface area contributed by atoms with Crippen LogP contribution in [-0.4, -0.2) is 29.9 Å². The number of nitrogens with two attached hydrogens (primary N) is 1. The van der Waals surface area contributed by atoms with Gasteiger partial charge in [0.2, 0.25) is 0 Å². The van der Waals surface area contributed by atoms with Gasteiger partial charge in [0.15, 0.2) is 0 Å². The van der Waals surface area contributed by atoms with Crippen LogP contribution < -0.4 is 5.73 Å². The van der Waals surface area contributed by atoms with Crippen LogP contribution in [0.15, 0.2) is 18.2 Å². The summed E-state index contributed by atoms with van der Waals surface area (Å²) in [6, 6.07) is 4.28. The number of nitrogens with zero attached hydrogens (tertiary/aromatic N) is 1. The molecule has 1 aromatic carbocycles. The molecule has 0 aromatic heterocycles. The van der Waals surface area contributed by atoms with Crippen LogP contribution in [0.1, 0.15) is 16.8 Å². The molecule has 1 aliphatic rings.